The molecule has 0 aliphatic carbocycles. The molecule has 1 heterocycles. The number of benzene rings is 2. The number of carbonyl (C=O) groups is 1. The molecule has 3 aromatic rings. The van der Waals surface area contributed by atoms with Gasteiger partial charge in [-0.25, -0.2) is 9.78 Å². The number of amides is 2. The van der Waals surface area contributed by atoms with Gasteiger partial charge in [-0.1, -0.05) is 70.3 Å². The predicted molar refractivity (Wildman–Crippen MR) is 158 cm³/mol. The van der Waals surface area contributed by atoms with E-state index in [4.69, 9.17) is 22.3 Å². The Morgan fingerprint density at radius 1 is 1.03 bits per heavy atom. The summed E-state index contributed by atoms with van der Waals surface area (Å²) in [6.07, 6.45) is 3.77. The maximum absolute atomic E-state index is 14.0. The van der Waals surface area contributed by atoms with E-state index in [0.717, 1.165) is 42.5 Å². The number of halogens is 1. The van der Waals surface area contributed by atoms with Crippen LogP contribution >= 0.6 is 11.6 Å². The van der Waals surface area contributed by atoms with Gasteiger partial charge in [0.25, 0.3) is 5.56 Å². The SMILES string of the molecule is CC(C)c1cccc(C(C)C)c1NC(=O)N(CCCCCCN)C(C)c1nc2cc(Cl)ccc2c(=O)n1C. The van der Waals surface area contributed by atoms with Crippen molar-refractivity contribution < 1.29 is 4.79 Å². The standard InChI is InChI=1S/C30H42ClN5O2/c1-19(2)23-12-11-13-24(20(3)4)27(23)34-30(38)36(17-10-8-7-9-16-32)21(5)28-33-26-18-22(31)14-15-25(26)29(37)35(28)6/h11-15,18-21H,7-10,16-17,32H2,1-6H3,(H,34,38). The second kappa shape index (κ2) is 13.3. The lowest BCUT2D eigenvalue weighted by Gasteiger charge is -2.31. The normalized spacial score (nSPS) is 12.4. The third-order valence-corrected chi connectivity index (χ3v) is 7.37. The molecular formula is C30H42ClN5O2. The van der Waals surface area contributed by atoms with Gasteiger partial charge in [0, 0.05) is 24.3 Å². The van der Waals surface area contributed by atoms with Crippen LogP contribution in [0.4, 0.5) is 10.5 Å². The van der Waals surface area contributed by atoms with Gasteiger partial charge in [-0.05, 0) is 67.5 Å². The molecule has 206 valence electrons. The van der Waals surface area contributed by atoms with Crippen molar-refractivity contribution in [2.45, 2.75) is 78.2 Å². The van der Waals surface area contributed by atoms with Crippen molar-refractivity contribution in [1.82, 2.24) is 14.5 Å². The Hall–Kier alpha value is -2.90. The van der Waals surface area contributed by atoms with E-state index in [2.05, 4.69) is 51.2 Å². The number of carbonyl (C=O) groups excluding carboxylic acids is 1. The van der Waals surface area contributed by atoms with E-state index >= 15 is 0 Å². The van der Waals surface area contributed by atoms with Crippen molar-refractivity contribution in [3.8, 4) is 0 Å². The molecule has 1 atom stereocenters. The molecule has 1 aromatic heterocycles. The molecule has 38 heavy (non-hydrogen) atoms. The van der Waals surface area contributed by atoms with Crippen LogP contribution in [0, 0.1) is 0 Å². The van der Waals surface area contributed by atoms with Gasteiger partial charge in [0.2, 0.25) is 0 Å². The third kappa shape index (κ3) is 6.75. The summed E-state index contributed by atoms with van der Waals surface area (Å²) in [5.74, 6) is 1.01. The monoisotopic (exact) mass is 539 g/mol. The number of nitrogens with zero attached hydrogens (tertiary/aromatic N) is 3. The van der Waals surface area contributed by atoms with Gasteiger partial charge in [-0.3, -0.25) is 9.36 Å². The van der Waals surface area contributed by atoms with Crippen molar-refractivity contribution in [2.24, 2.45) is 12.8 Å². The van der Waals surface area contributed by atoms with E-state index in [1.54, 1.807) is 30.1 Å². The molecule has 1 unspecified atom stereocenters. The summed E-state index contributed by atoms with van der Waals surface area (Å²) in [6.45, 7) is 11.6. The van der Waals surface area contributed by atoms with Gasteiger partial charge >= 0.3 is 6.03 Å². The van der Waals surface area contributed by atoms with Crippen molar-refractivity contribution >= 4 is 34.2 Å². The third-order valence-electron chi connectivity index (χ3n) is 7.13. The van der Waals surface area contributed by atoms with Gasteiger partial charge < -0.3 is 16.0 Å². The average Bonchev–Trinajstić information content (AvgIpc) is 2.87. The lowest BCUT2D eigenvalue weighted by atomic mass is 9.92. The summed E-state index contributed by atoms with van der Waals surface area (Å²) in [7, 11) is 1.71. The number of aromatic nitrogens is 2. The van der Waals surface area contributed by atoms with Crippen LogP contribution in [0.5, 0.6) is 0 Å². The van der Waals surface area contributed by atoms with Crippen LogP contribution in [0.2, 0.25) is 5.02 Å². The second-order valence-electron chi connectivity index (χ2n) is 10.6. The zero-order valence-electron chi connectivity index (χ0n) is 23.6. The first-order chi connectivity index (χ1) is 18.1. The van der Waals surface area contributed by atoms with Crippen LogP contribution in [0.25, 0.3) is 10.9 Å². The number of unbranched alkanes of at least 4 members (excludes halogenated alkanes) is 3. The fraction of sp³-hybridized carbons (Fsp3) is 0.500. The van der Waals surface area contributed by atoms with Gasteiger partial charge in [-0.15, -0.1) is 0 Å². The fourth-order valence-electron chi connectivity index (χ4n) is 4.90. The number of nitrogens with one attached hydrogen (secondary N) is 1. The van der Waals surface area contributed by atoms with Crippen LogP contribution in [0.3, 0.4) is 0 Å². The number of hydrogen-bond acceptors (Lipinski definition) is 4. The maximum atomic E-state index is 14.0. The number of nitrogens with two attached hydrogens (primary N) is 1. The Balaban J connectivity index is 2.02. The summed E-state index contributed by atoms with van der Waals surface area (Å²) in [5.41, 5.74) is 9.11. The lowest BCUT2D eigenvalue weighted by Crippen LogP contribution is -2.40. The minimum absolute atomic E-state index is 0.163. The molecule has 0 aliphatic rings. The minimum Gasteiger partial charge on any atom is -0.330 e. The van der Waals surface area contributed by atoms with Crippen LogP contribution in [0.1, 0.15) is 95.1 Å². The number of fused-ring (bicyclic) bond motifs is 1. The minimum atomic E-state index is -0.445. The Morgan fingerprint density at radius 3 is 2.26 bits per heavy atom. The van der Waals surface area contributed by atoms with Gasteiger partial charge in [-0.2, -0.15) is 0 Å². The fourth-order valence-corrected chi connectivity index (χ4v) is 5.07. The molecule has 0 saturated carbocycles. The average molecular weight is 540 g/mol. The van der Waals surface area contributed by atoms with Crippen LogP contribution < -0.4 is 16.6 Å². The van der Waals surface area contributed by atoms with E-state index in [9.17, 15) is 9.59 Å². The summed E-state index contributed by atoms with van der Waals surface area (Å²) >= 11 is 6.20. The number of hydrogen-bond donors (Lipinski definition) is 2. The summed E-state index contributed by atoms with van der Waals surface area (Å²) in [5, 5.41) is 4.27. The lowest BCUT2D eigenvalue weighted by molar-refractivity contribution is 0.187. The van der Waals surface area contributed by atoms with Gasteiger partial charge in [0.05, 0.1) is 16.9 Å². The molecule has 0 bridgehead atoms. The highest BCUT2D eigenvalue weighted by molar-refractivity contribution is 6.31. The van der Waals surface area contributed by atoms with Crippen molar-refractivity contribution in [3.05, 3.63) is 68.7 Å². The smallest absolute Gasteiger partial charge is 0.322 e. The number of para-hydroxylation sites is 1. The number of rotatable bonds is 11. The topological polar surface area (TPSA) is 93.2 Å². The highest BCUT2D eigenvalue weighted by Crippen LogP contribution is 2.33. The molecule has 7 nitrogen and oxygen atoms in total. The molecule has 3 N–H and O–H groups in total. The highest BCUT2D eigenvalue weighted by Gasteiger charge is 2.27. The first-order valence-electron chi connectivity index (χ1n) is 13.6. The second-order valence-corrected chi connectivity index (χ2v) is 11.1. The van der Waals surface area contributed by atoms with Gasteiger partial charge in [0.15, 0.2) is 0 Å². The molecule has 0 aliphatic heterocycles. The van der Waals surface area contributed by atoms with Crippen LogP contribution in [0.15, 0.2) is 41.2 Å². The molecular weight excluding hydrogens is 498 g/mol. The quantitative estimate of drug-likeness (QED) is 0.258. The van der Waals surface area contributed by atoms with Crippen molar-refractivity contribution in [3.63, 3.8) is 0 Å². The molecule has 0 radical (unpaired) electrons. The zero-order valence-corrected chi connectivity index (χ0v) is 24.3. The van der Waals surface area contributed by atoms with Gasteiger partial charge in [0.1, 0.15) is 5.82 Å². The number of anilines is 1. The van der Waals surface area contributed by atoms with E-state index in [1.807, 2.05) is 6.92 Å². The predicted octanol–water partition coefficient (Wildman–Crippen LogP) is 6.95. The molecule has 3 rings (SSSR count). The van der Waals surface area contributed by atoms with E-state index in [0.29, 0.717) is 34.8 Å². The molecule has 0 fully saturated rings. The maximum Gasteiger partial charge on any atom is 0.322 e. The molecule has 0 saturated heterocycles. The summed E-state index contributed by atoms with van der Waals surface area (Å²) in [4.78, 5) is 33.7. The Bertz CT molecular complexity index is 1290. The largest absolute Gasteiger partial charge is 0.330 e. The molecule has 8 heteroatoms. The molecule has 2 amide bonds. The molecule has 2 aromatic carbocycles. The van der Waals surface area contributed by atoms with Crippen molar-refractivity contribution in [1.29, 1.82) is 0 Å². The molecule has 0 spiro atoms. The summed E-state index contributed by atoms with van der Waals surface area (Å²) in [6, 6.07) is 10.6. The Kier molecular flexibility index (Phi) is 10.3. The Morgan fingerprint density at radius 2 is 1.66 bits per heavy atom. The van der Waals surface area contributed by atoms with Crippen LogP contribution in [-0.4, -0.2) is 33.6 Å². The first-order valence-corrected chi connectivity index (χ1v) is 14.0. The van der Waals surface area contributed by atoms with E-state index in [-0.39, 0.29) is 23.4 Å². The van der Waals surface area contributed by atoms with Crippen LogP contribution in [-0.2, 0) is 7.05 Å². The van der Waals surface area contributed by atoms with E-state index < -0.39 is 6.04 Å². The zero-order chi connectivity index (χ0) is 28.0. The summed E-state index contributed by atoms with van der Waals surface area (Å²) < 4.78 is 1.54. The van der Waals surface area contributed by atoms with E-state index in [1.165, 1.54) is 4.57 Å². The first kappa shape index (κ1) is 29.7. The number of urea groups is 1. The Labute approximate surface area is 231 Å². The van der Waals surface area contributed by atoms with Crippen molar-refractivity contribution in [2.75, 3.05) is 18.4 Å². The highest BCUT2D eigenvalue weighted by atomic mass is 35.5.